The Kier molecular flexibility index (Phi) is 3.17. The van der Waals surface area contributed by atoms with Gasteiger partial charge in [0.2, 0.25) is 0 Å². The molecule has 0 saturated heterocycles. The highest BCUT2D eigenvalue weighted by atomic mass is 127. The van der Waals surface area contributed by atoms with Crippen molar-refractivity contribution in [3.05, 3.63) is 39.2 Å². The van der Waals surface area contributed by atoms with Crippen LogP contribution in [0.3, 0.4) is 0 Å². The minimum atomic E-state index is -0.991. The highest BCUT2D eigenvalue weighted by Gasteiger charge is 2.25. The van der Waals surface area contributed by atoms with Crippen LogP contribution in [-0.2, 0) is 6.42 Å². The Balaban J connectivity index is 2.19. The molecule has 1 aromatic heterocycles. The minimum Gasteiger partial charge on any atom is -0.476 e. The zero-order valence-electron chi connectivity index (χ0n) is 10.1. The number of anilines is 1. The Morgan fingerprint density at radius 1 is 1.47 bits per heavy atom. The fraction of sp³-hybridized carbons (Fsp3) is 0.231. The van der Waals surface area contributed by atoms with Crippen LogP contribution < -0.4 is 5.32 Å². The van der Waals surface area contributed by atoms with E-state index >= 15 is 0 Å². The van der Waals surface area contributed by atoms with Crippen molar-refractivity contribution >= 4 is 34.2 Å². The molecular weight excluding hydrogens is 357 g/mol. The van der Waals surface area contributed by atoms with Crippen LogP contribution in [0.15, 0.2) is 24.3 Å². The van der Waals surface area contributed by atoms with Gasteiger partial charge in [0, 0.05) is 10.1 Å². The molecule has 3 rings (SSSR count). The van der Waals surface area contributed by atoms with Gasteiger partial charge in [-0.3, -0.25) is 0 Å². The lowest BCUT2D eigenvalue weighted by atomic mass is 10.1. The number of aromatic carboxylic acids is 1. The zero-order valence-corrected chi connectivity index (χ0v) is 12.2. The van der Waals surface area contributed by atoms with E-state index in [0.717, 1.165) is 34.3 Å². The second kappa shape index (κ2) is 4.84. The molecule has 0 amide bonds. The van der Waals surface area contributed by atoms with Crippen LogP contribution in [0.4, 0.5) is 5.69 Å². The number of nitrogens with one attached hydrogen (secondary N) is 1. The van der Waals surface area contributed by atoms with Crippen LogP contribution in [0.1, 0.15) is 22.6 Å². The number of benzene rings is 1. The Bertz CT molecular complexity index is 651. The van der Waals surface area contributed by atoms with Crippen molar-refractivity contribution in [2.45, 2.75) is 12.8 Å². The predicted octanol–water partition coefficient (Wildman–Crippen LogP) is 2.53. The summed E-state index contributed by atoms with van der Waals surface area (Å²) in [6, 6.07) is 7.88. The summed E-state index contributed by atoms with van der Waals surface area (Å²) in [6.45, 7) is 0.797. The molecule has 2 N–H and O–H groups in total. The molecule has 19 heavy (non-hydrogen) atoms. The Morgan fingerprint density at radius 3 is 3.05 bits per heavy atom. The first-order valence-corrected chi connectivity index (χ1v) is 7.09. The standard InChI is InChI=1S/C13H12IN3O2/c14-8-3-1-4-9(7-8)17-10-5-2-6-15-11(10)12(16-17)13(18)19/h1,3-4,7,15H,2,5-6H2,(H,18,19). The van der Waals surface area contributed by atoms with Crippen molar-refractivity contribution in [1.29, 1.82) is 0 Å². The molecule has 0 radical (unpaired) electrons. The van der Waals surface area contributed by atoms with Crippen molar-refractivity contribution in [2.24, 2.45) is 0 Å². The van der Waals surface area contributed by atoms with Crippen molar-refractivity contribution in [2.75, 3.05) is 11.9 Å². The summed E-state index contributed by atoms with van der Waals surface area (Å²) < 4.78 is 2.84. The molecule has 0 saturated carbocycles. The molecule has 0 spiro atoms. The molecule has 1 aliphatic rings. The quantitative estimate of drug-likeness (QED) is 0.799. The van der Waals surface area contributed by atoms with Gasteiger partial charge >= 0.3 is 5.97 Å². The van der Waals surface area contributed by atoms with E-state index in [1.54, 1.807) is 4.68 Å². The normalized spacial score (nSPS) is 13.7. The molecule has 2 heterocycles. The summed E-state index contributed by atoms with van der Waals surface area (Å²) in [7, 11) is 0. The number of aromatic nitrogens is 2. The maximum absolute atomic E-state index is 11.3. The van der Waals surface area contributed by atoms with Gasteiger partial charge in [-0.15, -0.1) is 0 Å². The van der Waals surface area contributed by atoms with E-state index in [-0.39, 0.29) is 5.69 Å². The number of carbonyl (C=O) groups is 1. The summed E-state index contributed by atoms with van der Waals surface area (Å²) in [4.78, 5) is 11.3. The van der Waals surface area contributed by atoms with Gasteiger partial charge < -0.3 is 10.4 Å². The Morgan fingerprint density at radius 2 is 2.32 bits per heavy atom. The predicted molar refractivity (Wildman–Crippen MR) is 80.1 cm³/mol. The molecular formula is C13H12IN3O2. The first-order valence-electron chi connectivity index (χ1n) is 6.02. The van der Waals surface area contributed by atoms with E-state index in [2.05, 4.69) is 33.0 Å². The van der Waals surface area contributed by atoms with E-state index < -0.39 is 5.97 Å². The van der Waals surface area contributed by atoms with Crippen molar-refractivity contribution in [1.82, 2.24) is 9.78 Å². The lowest BCUT2D eigenvalue weighted by Crippen LogP contribution is -2.14. The monoisotopic (exact) mass is 369 g/mol. The summed E-state index contributed by atoms with van der Waals surface area (Å²) in [5, 5.41) is 16.6. The molecule has 1 aliphatic heterocycles. The smallest absolute Gasteiger partial charge is 0.358 e. The van der Waals surface area contributed by atoms with Crippen LogP contribution in [0.25, 0.3) is 5.69 Å². The number of carboxylic acid groups (broad SMARTS) is 1. The van der Waals surface area contributed by atoms with Gasteiger partial charge in [-0.05, 0) is 53.6 Å². The topological polar surface area (TPSA) is 67.1 Å². The maximum Gasteiger partial charge on any atom is 0.358 e. The highest BCUT2D eigenvalue weighted by molar-refractivity contribution is 14.1. The fourth-order valence-corrected chi connectivity index (χ4v) is 2.84. The lowest BCUT2D eigenvalue weighted by Gasteiger charge is -2.16. The lowest BCUT2D eigenvalue weighted by molar-refractivity contribution is 0.0691. The van der Waals surface area contributed by atoms with Gasteiger partial charge in [0.15, 0.2) is 5.69 Å². The summed E-state index contributed by atoms with van der Waals surface area (Å²) in [5.74, 6) is -0.991. The molecule has 0 atom stereocenters. The molecule has 2 aromatic rings. The maximum atomic E-state index is 11.3. The van der Waals surface area contributed by atoms with Crippen molar-refractivity contribution < 1.29 is 9.90 Å². The number of nitrogens with zero attached hydrogens (tertiary/aromatic N) is 2. The number of halogens is 1. The summed E-state index contributed by atoms with van der Waals surface area (Å²) in [6.07, 6.45) is 1.83. The second-order valence-electron chi connectivity index (χ2n) is 4.40. The number of fused-ring (bicyclic) bond motifs is 1. The van der Waals surface area contributed by atoms with E-state index in [4.69, 9.17) is 0 Å². The number of carboxylic acids is 1. The third-order valence-corrected chi connectivity index (χ3v) is 3.80. The molecule has 0 bridgehead atoms. The highest BCUT2D eigenvalue weighted by Crippen LogP contribution is 2.28. The number of hydrogen-bond donors (Lipinski definition) is 2. The molecule has 6 heteroatoms. The third kappa shape index (κ3) is 2.20. The average Bonchev–Trinajstić information content (AvgIpc) is 2.78. The minimum absolute atomic E-state index is 0.105. The Hall–Kier alpha value is -1.57. The van der Waals surface area contributed by atoms with Gasteiger partial charge in [0.1, 0.15) is 0 Å². The molecule has 0 aliphatic carbocycles. The third-order valence-electron chi connectivity index (χ3n) is 3.13. The zero-order chi connectivity index (χ0) is 13.4. The largest absolute Gasteiger partial charge is 0.476 e. The van der Waals surface area contributed by atoms with Crippen LogP contribution >= 0.6 is 22.6 Å². The fourth-order valence-electron chi connectivity index (χ4n) is 2.31. The SMILES string of the molecule is O=C(O)c1nn(-c2cccc(I)c2)c2c1NCCC2. The van der Waals surface area contributed by atoms with Gasteiger partial charge in [-0.1, -0.05) is 6.07 Å². The van der Waals surface area contributed by atoms with Crippen LogP contribution in [0, 0.1) is 3.57 Å². The Labute approximate surface area is 123 Å². The van der Waals surface area contributed by atoms with E-state index in [1.807, 2.05) is 24.3 Å². The molecule has 5 nitrogen and oxygen atoms in total. The van der Waals surface area contributed by atoms with Crippen LogP contribution in [0.5, 0.6) is 0 Å². The average molecular weight is 369 g/mol. The number of hydrogen-bond acceptors (Lipinski definition) is 3. The van der Waals surface area contributed by atoms with Crippen LogP contribution in [-0.4, -0.2) is 27.4 Å². The van der Waals surface area contributed by atoms with Crippen molar-refractivity contribution in [3.63, 3.8) is 0 Å². The first kappa shape index (κ1) is 12.5. The van der Waals surface area contributed by atoms with Gasteiger partial charge in [-0.2, -0.15) is 5.10 Å². The van der Waals surface area contributed by atoms with Crippen molar-refractivity contribution in [3.8, 4) is 5.69 Å². The molecule has 98 valence electrons. The molecule has 0 fully saturated rings. The number of rotatable bonds is 2. The van der Waals surface area contributed by atoms with E-state index in [1.165, 1.54) is 0 Å². The van der Waals surface area contributed by atoms with Gasteiger partial charge in [0.25, 0.3) is 0 Å². The van der Waals surface area contributed by atoms with Crippen LogP contribution in [0.2, 0.25) is 0 Å². The molecule has 0 unspecified atom stereocenters. The second-order valence-corrected chi connectivity index (χ2v) is 5.64. The van der Waals surface area contributed by atoms with E-state index in [9.17, 15) is 9.90 Å². The van der Waals surface area contributed by atoms with E-state index in [0.29, 0.717) is 5.69 Å². The first-order chi connectivity index (χ1) is 9.16. The van der Waals surface area contributed by atoms with Gasteiger partial charge in [-0.25, -0.2) is 9.48 Å². The summed E-state index contributed by atoms with van der Waals surface area (Å²) in [5.41, 5.74) is 2.62. The van der Waals surface area contributed by atoms with Gasteiger partial charge in [0.05, 0.1) is 17.1 Å². The summed E-state index contributed by atoms with van der Waals surface area (Å²) >= 11 is 2.24. The molecule has 1 aromatic carbocycles.